The molecule has 0 saturated heterocycles. The van der Waals surface area contributed by atoms with Crippen molar-refractivity contribution in [2.24, 2.45) is 0 Å². The van der Waals surface area contributed by atoms with E-state index in [-0.39, 0.29) is 0 Å². The summed E-state index contributed by atoms with van der Waals surface area (Å²) in [5, 5.41) is 0. The van der Waals surface area contributed by atoms with Gasteiger partial charge in [-0.05, 0) is 43.0 Å². The highest BCUT2D eigenvalue weighted by Gasteiger charge is 2.00. The van der Waals surface area contributed by atoms with Crippen molar-refractivity contribution >= 4 is 11.3 Å². The highest BCUT2D eigenvalue weighted by Crippen LogP contribution is 2.27. The van der Waals surface area contributed by atoms with Gasteiger partial charge in [-0.1, -0.05) is 37.6 Å². The van der Waals surface area contributed by atoms with Crippen LogP contribution in [0.5, 0.6) is 0 Å². The second-order valence-corrected chi connectivity index (χ2v) is 5.50. The van der Waals surface area contributed by atoms with E-state index in [9.17, 15) is 0 Å². The predicted molar refractivity (Wildman–Crippen MR) is 73.1 cm³/mol. The molecule has 0 bridgehead atoms. The molecular formula is C15H18S. The van der Waals surface area contributed by atoms with Crippen LogP contribution in [0, 0.1) is 6.92 Å². The Balaban J connectivity index is 2.13. The van der Waals surface area contributed by atoms with Crippen molar-refractivity contribution < 1.29 is 0 Å². The number of benzene rings is 1. The normalized spacial score (nSPS) is 10.6. The topological polar surface area (TPSA) is 0 Å². The minimum absolute atomic E-state index is 1.21. The summed E-state index contributed by atoms with van der Waals surface area (Å²) in [6.07, 6.45) is 3.77. The largest absolute Gasteiger partial charge is 0.141 e. The van der Waals surface area contributed by atoms with Crippen LogP contribution < -0.4 is 0 Å². The van der Waals surface area contributed by atoms with Gasteiger partial charge < -0.3 is 0 Å². The number of aryl methyl sites for hydroxylation is 2. The summed E-state index contributed by atoms with van der Waals surface area (Å²) < 4.78 is 0. The molecule has 16 heavy (non-hydrogen) atoms. The van der Waals surface area contributed by atoms with Crippen LogP contribution in [0.3, 0.4) is 0 Å². The number of rotatable bonds is 4. The standard InChI is InChI=1S/C15H18S/c1-3-4-5-13-7-9-14(10-8-13)15-11-6-12(2)16-15/h6-11H,3-5H2,1-2H3. The molecule has 0 unspecified atom stereocenters. The summed E-state index contributed by atoms with van der Waals surface area (Å²) in [4.78, 5) is 2.75. The van der Waals surface area contributed by atoms with E-state index < -0.39 is 0 Å². The van der Waals surface area contributed by atoms with Crippen molar-refractivity contribution in [3.63, 3.8) is 0 Å². The molecule has 0 N–H and O–H groups in total. The van der Waals surface area contributed by atoms with Gasteiger partial charge >= 0.3 is 0 Å². The molecule has 0 fully saturated rings. The Hall–Kier alpha value is -1.08. The first-order valence-corrected chi connectivity index (χ1v) is 6.77. The summed E-state index contributed by atoms with van der Waals surface area (Å²) in [6, 6.07) is 13.4. The SMILES string of the molecule is CCCCc1ccc(-c2ccc(C)s2)cc1. The molecule has 0 aliphatic carbocycles. The molecule has 84 valence electrons. The van der Waals surface area contributed by atoms with E-state index in [1.807, 2.05) is 11.3 Å². The first-order valence-electron chi connectivity index (χ1n) is 5.95. The van der Waals surface area contributed by atoms with Crippen molar-refractivity contribution in [3.8, 4) is 10.4 Å². The van der Waals surface area contributed by atoms with Gasteiger partial charge in [0.2, 0.25) is 0 Å². The molecule has 0 aliphatic heterocycles. The zero-order valence-corrected chi connectivity index (χ0v) is 10.8. The van der Waals surface area contributed by atoms with Gasteiger partial charge in [-0.15, -0.1) is 11.3 Å². The maximum Gasteiger partial charge on any atom is 0.0345 e. The molecule has 1 heteroatoms. The van der Waals surface area contributed by atoms with Crippen molar-refractivity contribution in [1.82, 2.24) is 0 Å². The van der Waals surface area contributed by atoms with E-state index in [0.29, 0.717) is 0 Å². The summed E-state index contributed by atoms with van der Waals surface area (Å²) >= 11 is 1.86. The third-order valence-electron chi connectivity index (χ3n) is 2.80. The van der Waals surface area contributed by atoms with E-state index in [2.05, 4.69) is 50.2 Å². The zero-order valence-electron chi connectivity index (χ0n) is 9.99. The van der Waals surface area contributed by atoms with Crippen molar-refractivity contribution in [1.29, 1.82) is 0 Å². The molecule has 2 aromatic rings. The molecule has 0 amide bonds. The molecule has 0 radical (unpaired) electrons. The quantitative estimate of drug-likeness (QED) is 0.688. The van der Waals surface area contributed by atoms with E-state index in [1.165, 1.54) is 40.1 Å². The lowest BCUT2D eigenvalue weighted by molar-refractivity contribution is 0.795. The van der Waals surface area contributed by atoms with Gasteiger partial charge in [0.25, 0.3) is 0 Å². The van der Waals surface area contributed by atoms with Crippen LogP contribution >= 0.6 is 11.3 Å². The molecule has 0 atom stereocenters. The van der Waals surface area contributed by atoms with Crippen LogP contribution in [-0.2, 0) is 6.42 Å². The Morgan fingerprint density at radius 1 is 1.00 bits per heavy atom. The van der Waals surface area contributed by atoms with Crippen molar-refractivity contribution in [2.75, 3.05) is 0 Å². The van der Waals surface area contributed by atoms with E-state index in [1.54, 1.807) is 0 Å². The fourth-order valence-electron chi connectivity index (χ4n) is 1.81. The summed E-state index contributed by atoms with van der Waals surface area (Å²) in [5.74, 6) is 0. The highest BCUT2D eigenvalue weighted by molar-refractivity contribution is 7.15. The Morgan fingerprint density at radius 2 is 1.75 bits per heavy atom. The maximum absolute atomic E-state index is 2.26. The third kappa shape index (κ3) is 2.73. The van der Waals surface area contributed by atoms with Crippen LogP contribution in [0.1, 0.15) is 30.2 Å². The third-order valence-corrected chi connectivity index (χ3v) is 3.85. The van der Waals surface area contributed by atoms with E-state index in [0.717, 1.165) is 0 Å². The molecular weight excluding hydrogens is 212 g/mol. The van der Waals surface area contributed by atoms with Gasteiger partial charge in [0.05, 0.1) is 0 Å². The molecule has 1 heterocycles. The first kappa shape index (κ1) is 11.4. The van der Waals surface area contributed by atoms with E-state index >= 15 is 0 Å². The molecule has 2 rings (SSSR count). The number of hydrogen-bond donors (Lipinski definition) is 0. The zero-order chi connectivity index (χ0) is 11.4. The Bertz CT molecular complexity index is 437. The molecule has 0 spiro atoms. The van der Waals surface area contributed by atoms with Crippen LogP contribution in [-0.4, -0.2) is 0 Å². The van der Waals surface area contributed by atoms with Gasteiger partial charge in [-0.25, -0.2) is 0 Å². The van der Waals surface area contributed by atoms with Gasteiger partial charge in [0, 0.05) is 9.75 Å². The lowest BCUT2D eigenvalue weighted by atomic mass is 10.1. The Morgan fingerprint density at radius 3 is 2.31 bits per heavy atom. The Kier molecular flexibility index (Phi) is 3.79. The summed E-state index contributed by atoms with van der Waals surface area (Å²) in [5.41, 5.74) is 2.80. The number of thiophene rings is 1. The minimum Gasteiger partial charge on any atom is -0.141 e. The second kappa shape index (κ2) is 5.31. The minimum atomic E-state index is 1.21. The van der Waals surface area contributed by atoms with Gasteiger partial charge in [-0.3, -0.25) is 0 Å². The number of unbranched alkanes of at least 4 members (excludes halogenated alkanes) is 1. The van der Waals surface area contributed by atoms with Gasteiger partial charge in [0.15, 0.2) is 0 Å². The first-order chi connectivity index (χ1) is 7.79. The Labute approximate surface area is 102 Å². The monoisotopic (exact) mass is 230 g/mol. The van der Waals surface area contributed by atoms with Crippen molar-refractivity contribution in [3.05, 3.63) is 46.8 Å². The van der Waals surface area contributed by atoms with Crippen LogP contribution in [0.2, 0.25) is 0 Å². The highest BCUT2D eigenvalue weighted by atomic mass is 32.1. The number of hydrogen-bond acceptors (Lipinski definition) is 1. The van der Waals surface area contributed by atoms with Crippen molar-refractivity contribution in [2.45, 2.75) is 33.1 Å². The van der Waals surface area contributed by atoms with Gasteiger partial charge in [-0.2, -0.15) is 0 Å². The average molecular weight is 230 g/mol. The predicted octanol–water partition coefficient (Wildman–Crippen LogP) is 5.07. The summed E-state index contributed by atoms with van der Waals surface area (Å²) in [7, 11) is 0. The molecule has 0 saturated carbocycles. The average Bonchev–Trinajstić information content (AvgIpc) is 2.74. The van der Waals surface area contributed by atoms with Crippen LogP contribution in [0.15, 0.2) is 36.4 Å². The molecule has 1 aromatic carbocycles. The second-order valence-electron chi connectivity index (χ2n) is 4.21. The van der Waals surface area contributed by atoms with Gasteiger partial charge in [0.1, 0.15) is 0 Å². The van der Waals surface area contributed by atoms with E-state index in [4.69, 9.17) is 0 Å². The smallest absolute Gasteiger partial charge is 0.0345 e. The van der Waals surface area contributed by atoms with Crippen LogP contribution in [0.25, 0.3) is 10.4 Å². The lowest BCUT2D eigenvalue weighted by Gasteiger charge is -2.01. The maximum atomic E-state index is 2.26. The molecule has 1 aromatic heterocycles. The fraction of sp³-hybridized carbons (Fsp3) is 0.333. The summed E-state index contributed by atoms with van der Waals surface area (Å²) in [6.45, 7) is 4.40. The fourth-order valence-corrected chi connectivity index (χ4v) is 2.68. The van der Waals surface area contributed by atoms with Crippen LogP contribution in [0.4, 0.5) is 0 Å². The lowest BCUT2D eigenvalue weighted by Crippen LogP contribution is -1.83. The molecule has 0 aliphatic rings. The molecule has 0 nitrogen and oxygen atoms in total.